The first-order valence-corrected chi connectivity index (χ1v) is 6.79. The Hall–Kier alpha value is -1.84. The topological polar surface area (TPSA) is 32.7 Å². The van der Waals surface area contributed by atoms with E-state index in [0.29, 0.717) is 13.2 Å². The number of likely N-dealkylation sites (N-methyl/N-ethyl adjacent to an activating group) is 1. The maximum absolute atomic E-state index is 11.4. The van der Waals surface area contributed by atoms with E-state index < -0.39 is 5.60 Å². The van der Waals surface area contributed by atoms with E-state index in [4.69, 9.17) is 4.74 Å². The van der Waals surface area contributed by atoms with Gasteiger partial charge in [-0.15, -0.1) is 0 Å². The van der Waals surface area contributed by atoms with E-state index >= 15 is 0 Å². The number of hydrogen-bond donors (Lipinski definition) is 1. The highest BCUT2D eigenvalue weighted by Crippen LogP contribution is 2.40. The minimum atomic E-state index is -1.05. The van der Waals surface area contributed by atoms with Crippen LogP contribution in [0.4, 0.5) is 0 Å². The van der Waals surface area contributed by atoms with Gasteiger partial charge in [-0.3, -0.25) is 0 Å². The van der Waals surface area contributed by atoms with Crippen molar-refractivity contribution in [1.82, 2.24) is 4.90 Å². The molecule has 104 valence electrons. The summed E-state index contributed by atoms with van der Waals surface area (Å²) in [6, 6.07) is 15.7. The van der Waals surface area contributed by atoms with Gasteiger partial charge in [0.25, 0.3) is 0 Å². The van der Waals surface area contributed by atoms with Crippen LogP contribution in [0, 0.1) is 0 Å². The van der Waals surface area contributed by atoms with Crippen LogP contribution in [0.25, 0.3) is 0 Å². The van der Waals surface area contributed by atoms with Crippen LogP contribution in [0.1, 0.15) is 16.7 Å². The summed E-state index contributed by atoms with van der Waals surface area (Å²) in [5.74, 6) is 0.757. The molecule has 0 spiro atoms. The molecule has 2 aromatic rings. The molecule has 2 aromatic carbocycles. The monoisotopic (exact) mass is 269 g/mol. The van der Waals surface area contributed by atoms with Gasteiger partial charge in [-0.25, -0.2) is 0 Å². The van der Waals surface area contributed by atoms with Crippen LogP contribution in [-0.2, 0) is 12.2 Å². The molecule has 1 heterocycles. The molecular formula is C17H19NO2. The Morgan fingerprint density at radius 1 is 1.05 bits per heavy atom. The second-order valence-corrected chi connectivity index (χ2v) is 5.54. The van der Waals surface area contributed by atoms with E-state index in [-0.39, 0.29) is 0 Å². The minimum absolute atomic E-state index is 0.489. The second kappa shape index (κ2) is 4.93. The molecule has 1 atom stereocenters. The van der Waals surface area contributed by atoms with Crippen molar-refractivity contribution in [2.75, 3.05) is 20.6 Å². The average molecular weight is 269 g/mol. The van der Waals surface area contributed by atoms with Gasteiger partial charge in [0, 0.05) is 12.1 Å². The Balaban J connectivity index is 2.24. The lowest BCUT2D eigenvalue weighted by molar-refractivity contribution is 0.0508. The predicted molar refractivity (Wildman–Crippen MR) is 78.8 cm³/mol. The molecule has 1 unspecified atom stereocenters. The summed E-state index contributed by atoms with van der Waals surface area (Å²) in [6.45, 7) is 1.01. The van der Waals surface area contributed by atoms with Gasteiger partial charge in [0.1, 0.15) is 18.0 Å². The Morgan fingerprint density at radius 2 is 1.70 bits per heavy atom. The smallest absolute Gasteiger partial charge is 0.131 e. The Labute approximate surface area is 119 Å². The molecule has 0 radical (unpaired) electrons. The van der Waals surface area contributed by atoms with Gasteiger partial charge >= 0.3 is 0 Å². The van der Waals surface area contributed by atoms with Crippen LogP contribution in [0.15, 0.2) is 48.5 Å². The first-order valence-electron chi connectivity index (χ1n) is 6.79. The summed E-state index contributed by atoms with van der Waals surface area (Å²) in [6.07, 6.45) is 0. The first kappa shape index (κ1) is 13.2. The molecule has 0 aromatic heterocycles. The van der Waals surface area contributed by atoms with E-state index in [1.165, 1.54) is 0 Å². The van der Waals surface area contributed by atoms with Crippen molar-refractivity contribution in [3.8, 4) is 5.75 Å². The van der Waals surface area contributed by atoms with E-state index in [0.717, 1.165) is 22.4 Å². The summed E-state index contributed by atoms with van der Waals surface area (Å²) < 4.78 is 5.87. The van der Waals surface area contributed by atoms with Crippen molar-refractivity contribution in [2.45, 2.75) is 12.2 Å². The van der Waals surface area contributed by atoms with Crippen LogP contribution in [0.5, 0.6) is 5.75 Å². The van der Waals surface area contributed by atoms with Crippen molar-refractivity contribution < 1.29 is 9.84 Å². The molecule has 3 heteroatoms. The number of ether oxygens (including phenoxy) is 1. The average Bonchev–Trinajstić information content (AvgIpc) is 2.55. The number of fused-ring (bicyclic) bond motifs is 2. The van der Waals surface area contributed by atoms with Crippen molar-refractivity contribution in [3.05, 3.63) is 65.2 Å². The molecule has 0 bridgehead atoms. The van der Waals surface area contributed by atoms with Crippen LogP contribution >= 0.6 is 0 Å². The van der Waals surface area contributed by atoms with Crippen LogP contribution < -0.4 is 4.74 Å². The zero-order valence-corrected chi connectivity index (χ0v) is 11.8. The molecule has 3 nitrogen and oxygen atoms in total. The molecule has 0 aliphatic carbocycles. The number of para-hydroxylation sites is 1. The zero-order valence-electron chi connectivity index (χ0n) is 11.8. The summed E-state index contributed by atoms with van der Waals surface area (Å²) in [4.78, 5) is 2.00. The largest absolute Gasteiger partial charge is 0.488 e. The molecule has 0 saturated carbocycles. The van der Waals surface area contributed by atoms with Gasteiger partial charge in [-0.2, -0.15) is 0 Å². The first-order chi connectivity index (χ1) is 9.61. The van der Waals surface area contributed by atoms with E-state index in [1.807, 2.05) is 67.5 Å². The summed E-state index contributed by atoms with van der Waals surface area (Å²) in [7, 11) is 3.93. The number of rotatable bonds is 2. The van der Waals surface area contributed by atoms with Crippen molar-refractivity contribution in [2.24, 2.45) is 0 Å². The van der Waals surface area contributed by atoms with E-state index in [1.54, 1.807) is 0 Å². The third-order valence-corrected chi connectivity index (χ3v) is 3.72. The molecule has 1 N–H and O–H groups in total. The normalized spacial score (nSPS) is 20.8. The third kappa shape index (κ3) is 2.09. The molecule has 20 heavy (non-hydrogen) atoms. The van der Waals surface area contributed by atoms with E-state index in [9.17, 15) is 5.11 Å². The highest BCUT2D eigenvalue weighted by Gasteiger charge is 2.38. The molecule has 0 saturated heterocycles. The summed E-state index contributed by atoms with van der Waals surface area (Å²) in [5, 5.41) is 11.4. The number of benzene rings is 2. The van der Waals surface area contributed by atoms with Crippen molar-refractivity contribution in [3.63, 3.8) is 0 Å². The minimum Gasteiger partial charge on any atom is -0.488 e. The lowest BCUT2D eigenvalue weighted by Crippen LogP contribution is -2.39. The number of hydrogen-bond acceptors (Lipinski definition) is 3. The molecule has 0 fully saturated rings. The molecular weight excluding hydrogens is 250 g/mol. The molecule has 1 aliphatic rings. The SMILES string of the molecule is CN(C)CC1(O)c2ccccc2COc2ccccc21. The fourth-order valence-corrected chi connectivity index (χ4v) is 2.91. The quantitative estimate of drug-likeness (QED) is 0.908. The summed E-state index contributed by atoms with van der Waals surface area (Å²) in [5.41, 5.74) is 1.75. The second-order valence-electron chi connectivity index (χ2n) is 5.54. The predicted octanol–water partition coefficient (Wildman–Crippen LogP) is 2.38. The summed E-state index contributed by atoms with van der Waals surface area (Å²) >= 11 is 0. The number of nitrogens with zero attached hydrogens (tertiary/aromatic N) is 1. The van der Waals surface area contributed by atoms with Gasteiger partial charge in [-0.05, 0) is 31.3 Å². The molecule has 1 aliphatic heterocycles. The zero-order chi connectivity index (χ0) is 14.2. The Bertz CT molecular complexity index is 574. The lowest BCUT2D eigenvalue weighted by Gasteiger charge is -2.32. The maximum atomic E-state index is 11.4. The van der Waals surface area contributed by atoms with Crippen LogP contribution in [0.2, 0.25) is 0 Å². The van der Waals surface area contributed by atoms with Crippen LogP contribution in [-0.4, -0.2) is 30.6 Å². The fraction of sp³-hybridized carbons (Fsp3) is 0.294. The van der Waals surface area contributed by atoms with Crippen molar-refractivity contribution >= 4 is 0 Å². The standard InChI is InChI=1S/C17H19NO2/c1-18(2)12-17(19)14-8-4-3-7-13(14)11-20-16-10-6-5-9-15(16)17/h3-10,19H,11-12H2,1-2H3. The highest BCUT2D eigenvalue weighted by molar-refractivity contribution is 5.49. The highest BCUT2D eigenvalue weighted by atomic mass is 16.5. The Morgan fingerprint density at radius 3 is 2.45 bits per heavy atom. The number of aliphatic hydroxyl groups is 1. The van der Waals surface area contributed by atoms with Gasteiger partial charge in [-0.1, -0.05) is 42.5 Å². The van der Waals surface area contributed by atoms with Crippen LogP contribution in [0.3, 0.4) is 0 Å². The van der Waals surface area contributed by atoms with Crippen molar-refractivity contribution in [1.29, 1.82) is 0 Å². The molecule has 3 rings (SSSR count). The fourth-order valence-electron chi connectivity index (χ4n) is 2.91. The van der Waals surface area contributed by atoms with Gasteiger partial charge in [0.2, 0.25) is 0 Å². The van der Waals surface area contributed by atoms with Gasteiger partial charge < -0.3 is 14.7 Å². The Kier molecular flexibility index (Phi) is 3.24. The van der Waals surface area contributed by atoms with Gasteiger partial charge in [0.15, 0.2) is 0 Å². The van der Waals surface area contributed by atoms with E-state index in [2.05, 4.69) is 0 Å². The third-order valence-electron chi connectivity index (χ3n) is 3.72. The molecule has 0 amide bonds. The van der Waals surface area contributed by atoms with Gasteiger partial charge in [0.05, 0.1) is 0 Å². The maximum Gasteiger partial charge on any atom is 0.131 e. The lowest BCUT2D eigenvalue weighted by atomic mass is 9.83.